The van der Waals surface area contributed by atoms with E-state index in [1.54, 1.807) is 7.05 Å². The van der Waals surface area contributed by atoms with Crippen LogP contribution in [-0.4, -0.2) is 38.0 Å². The van der Waals surface area contributed by atoms with Crippen LogP contribution in [0, 0.1) is 5.92 Å². The van der Waals surface area contributed by atoms with Gasteiger partial charge in [-0.3, -0.25) is 4.68 Å². The van der Waals surface area contributed by atoms with Crippen molar-refractivity contribution in [1.29, 1.82) is 0 Å². The zero-order chi connectivity index (χ0) is 13.2. The number of anilines is 1. The van der Waals surface area contributed by atoms with Crippen LogP contribution in [0.25, 0.3) is 0 Å². The number of rotatable bonds is 4. The first kappa shape index (κ1) is 13.3. The number of nitrogens with one attached hydrogen (secondary N) is 1. The van der Waals surface area contributed by atoms with Gasteiger partial charge in [0.25, 0.3) is 0 Å². The van der Waals surface area contributed by atoms with Gasteiger partial charge in [0.05, 0.1) is 0 Å². The average molecular weight is 274 g/mol. The zero-order valence-electron chi connectivity index (χ0n) is 10.3. The summed E-state index contributed by atoms with van der Waals surface area (Å²) in [7, 11) is -1.94. The summed E-state index contributed by atoms with van der Waals surface area (Å²) >= 11 is 0. The Bertz CT molecular complexity index is 505. The SMILES string of the molecule is Cn1cc(S(=O)(=O)NCC2CCOCC2)c(N)n1. The third-order valence-electron chi connectivity index (χ3n) is 3.01. The van der Waals surface area contributed by atoms with E-state index in [9.17, 15) is 8.42 Å². The Balaban J connectivity index is 2.01. The van der Waals surface area contributed by atoms with Gasteiger partial charge in [-0.1, -0.05) is 0 Å². The van der Waals surface area contributed by atoms with Crippen LogP contribution in [0.4, 0.5) is 5.82 Å². The van der Waals surface area contributed by atoms with Gasteiger partial charge in [-0.05, 0) is 18.8 Å². The van der Waals surface area contributed by atoms with Gasteiger partial charge >= 0.3 is 0 Å². The standard InChI is InChI=1S/C10H18N4O3S/c1-14-7-9(10(11)13-14)18(15,16)12-6-8-2-4-17-5-3-8/h7-8,12H,2-6H2,1H3,(H2,11,13). The van der Waals surface area contributed by atoms with E-state index < -0.39 is 10.0 Å². The van der Waals surface area contributed by atoms with Gasteiger partial charge in [0, 0.05) is 33.0 Å². The fourth-order valence-corrected chi connectivity index (χ4v) is 3.16. The topological polar surface area (TPSA) is 99.2 Å². The van der Waals surface area contributed by atoms with Crippen LogP contribution in [0.5, 0.6) is 0 Å². The summed E-state index contributed by atoms with van der Waals surface area (Å²) in [4.78, 5) is 0.0389. The number of aromatic nitrogens is 2. The average Bonchev–Trinajstić information content (AvgIpc) is 2.68. The molecule has 1 aromatic rings. The summed E-state index contributed by atoms with van der Waals surface area (Å²) in [5.41, 5.74) is 5.57. The van der Waals surface area contributed by atoms with Crippen molar-refractivity contribution in [2.24, 2.45) is 13.0 Å². The highest BCUT2D eigenvalue weighted by Gasteiger charge is 2.22. The second-order valence-electron chi connectivity index (χ2n) is 4.46. The Hall–Kier alpha value is -1.12. The lowest BCUT2D eigenvalue weighted by atomic mass is 10.0. The molecule has 0 bridgehead atoms. The van der Waals surface area contributed by atoms with E-state index >= 15 is 0 Å². The molecule has 0 aliphatic carbocycles. The molecule has 18 heavy (non-hydrogen) atoms. The van der Waals surface area contributed by atoms with Crippen LogP contribution < -0.4 is 10.5 Å². The lowest BCUT2D eigenvalue weighted by Crippen LogP contribution is -2.32. The van der Waals surface area contributed by atoms with Crippen molar-refractivity contribution in [2.45, 2.75) is 17.7 Å². The Morgan fingerprint density at radius 2 is 2.22 bits per heavy atom. The molecule has 2 heterocycles. The highest BCUT2D eigenvalue weighted by Crippen LogP contribution is 2.17. The van der Waals surface area contributed by atoms with Gasteiger partial charge in [-0.2, -0.15) is 5.10 Å². The number of hydrogen-bond donors (Lipinski definition) is 2. The first-order valence-electron chi connectivity index (χ1n) is 5.85. The van der Waals surface area contributed by atoms with Crippen molar-refractivity contribution in [3.8, 4) is 0 Å². The number of sulfonamides is 1. The van der Waals surface area contributed by atoms with Crippen molar-refractivity contribution < 1.29 is 13.2 Å². The molecular weight excluding hydrogens is 256 g/mol. The highest BCUT2D eigenvalue weighted by molar-refractivity contribution is 7.89. The number of ether oxygens (including phenoxy) is 1. The molecule has 0 amide bonds. The Kier molecular flexibility index (Phi) is 3.88. The van der Waals surface area contributed by atoms with Crippen LogP contribution in [0.1, 0.15) is 12.8 Å². The number of nitrogen functional groups attached to an aromatic ring is 1. The Morgan fingerprint density at radius 1 is 1.56 bits per heavy atom. The molecule has 3 N–H and O–H groups in total. The van der Waals surface area contributed by atoms with Crippen molar-refractivity contribution in [2.75, 3.05) is 25.5 Å². The molecule has 1 aliphatic rings. The third-order valence-corrected chi connectivity index (χ3v) is 4.45. The van der Waals surface area contributed by atoms with E-state index in [2.05, 4.69) is 9.82 Å². The van der Waals surface area contributed by atoms with E-state index in [4.69, 9.17) is 10.5 Å². The number of hydrogen-bond acceptors (Lipinski definition) is 5. The minimum absolute atomic E-state index is 0.0250. The van der Waals surface area contributed by atoms with Crippen LogP contribution in [0.2, 0.25) is 0 Å². The maximum atomic E-state index is 12.0. The summed E-state index contributed by atoms with van der Waals surface area (Å²) in [6.07, 6.45) is 3.16. The van der Waals surface area contributed by atoms with Crippen LogP contribution in [0.3, 0.4) is 0 Å². The first-order chi connectivity index (χ1) is 8.49. The van der Waals surface area contributed by atoms with E-state index in [0.717, 1.165) is 12.8 Å². The van der Waals surface area contributed by atoms with Crippen LogP contribution >= 0.6 is 0 Å². The van der Waals surface area contributed by atoms with Gasteiger partial charge in [-0.15, -0.1) is 0 Å². The molecule has 1 aliphatic heterocycles. The van der Waals surface area contributed by atoms with Gasteiger partial charge in [0.15, 0.2) is 5.82 Å². The summed E-state index contributed by atoms with van der Waals surface area (Å²) < 4.78 is 33.3. The van der Waals surface area contributed by atoms with E-state index in [1.165, 1.54) is 10.9 Å². The van der Waals surface area contributed by atoms with Crippen molar-refractivity contribution in [1.82, 2.24) is 14.5 Å². The molecule has 0 spiro atoms. The molecule has 0 atom stereocenters. The maximum absolute atomic E-state index is 12.0. The number of aryl methyl sites for hydroxylation is 1. The quantitative estimate of drug-likeness (QED) is 0.786. The number of nitrogens with two attached hydrogens (primary N) is 1. The molecule has 1 fully saturated rings. The van der Waals surface area contributed by atoms with Gasteiger partial charge < -0.3 is 10.5 Å². The van der Waals surface area contributed by atoms with Gasteiger partial charge in [-0.25, -0.2) is 13.1 Å². The monoisotopic (exact) mass is 274 g/mol. The lowest BCUT2D eigenvalue weighted by Gasteiger charge is -2.21. The highest BCUT2D eigenvalue weighted by atomic mass is 32.2. The van der Waals surface area contributed by atoms with Crippen LogP contribution in [0.15, 0.2) is 11.1 Å². The number of nitrogens with zero attached hydrogens (tertiary/aromatic N) is 2. The largest absolute Gasteiger partial charge is 0.381 e. The predicted molar refractivity (Wildman–Crippen MR) is 66.4 cm³/mol. The Labute approximate surface area is 106 Å². The molecule has 0 aromatic carbocycles. The molecule has 8 heteroatoms. The van der Waals surface area contributed by atoms with E-state index in [1.807, 2.05) is 0 Å². The van der Waals surface area contributed by atoms with Crippen molar-refractivity contribution in [3.63, 3.8) is 0 Å². The summed E-state index contributed by atoms with van der Waals surface area (Å²) in [5, 5.41) is 3.83. The summed E-state index contributed by atoms with van der Waals surface area (Å²) in [6.45, 7) is 1.81. The third kappa shape index (κ3) is 3.01. The molecule has 1 aromatic heterocycles. The van der Waals surface area contributed by atoms with Gasteiger partial charge in [0.2, 0.25) is 10.0 Å². The fourth-order valence-electron chi connectivity index (χ4n) is 1.95. The molecule has 2 rings (SSSR count). The van der Waals surface area contributed by atoms with Crippen molar-refractivity contribution >= 4 is 15.8 Å². The van der Waals surface area contributed by atoms with Gasteiger partial charge in [0.1, 0.15) is 4.90 Å². The maximum Gasteiger partial charge on any atom is 0.245 e. The second-order valence-corrected chi connectivity index (χ2v) is 6.20. The predicted octanol–water partition coefficient (Wildman–Crippen LogP) is -0.293. The fraction of sp³-hybridized carbons (Fsp3) is 0.700. The first-order valence-corrected chi connectivity index (χ1v) is 7.34. The second kappa shape index (κ2) is 5.25. The molecule has 0 saturated carbocycles. The molecule has 0 unspecified atom stereocenters. The Morgan fingerprint density at radius 3 is 2.78 bits per heavy atom. The molecular formula is C10H18N4O3S. The molecule has 102 valence electrons. The lowest BCUT2D eigenvalue weighted by molar-refractivity contribution is 0.0678. The minimum atomic E-state index is -3.57. The normalized spacial score (nSPS) is 18.1. The molecule has 7 nitrogen and oxygen atoms in total. The van der Waals surface area contributed by atoms with Crippen LogP contribution in [-0.2, 0) is 21.8 Å². The van der Waals surface area contributed by atoms with E-state index in [0.29, 0.717) is 25.7 Å². The summed E-state index contributed by atoms with van der Waals surface area (Å²) in [5.74, 6) is 0.350. The smallest absolute Gasteiger partial charge is 0.245 e. The minimum Gasteiger partial charge on any atom is -0.381 e. The molecule has 0 radical (unpaired) electrons. The molecule has 1 saturated heterocycles. The zero-order valence-corrected chi connectivity index (χ0v) is 11.1. The van der Waals surface area contributed by atoms with Crippen molar-refractivity contribution in [3.05, 3.63) is 6.20 Å². The summed E-state index contributed by atoms with van der Waals surface area (Å²) in [6, 6.07) is 0. The van der Waals surface area contributed by atoms with E-state index in [-0.39, 0.29) is 10.7 Å².